The molecule has 0 heterocycles. The molecule has 0 unspecified atom stereocenters. The summed E-state index contributed by atoms with van der Waals surface area (Å²) in [5.41, 5.74) is 4.22. The fourth-order valence-corrected chi connectivity index (χ4v) is 3.52. The summed E-state index contributed by atoms with van der Waals surface area (Å²) >= 11 is 0. The minimum atomic E-state index is -3.49. The van der Waals surface area contributed by atoms with Crippen molar-refractivity contribution >= 4 is 33.0 Å². The Balaban J connectivity index is 2.03. The lowest BCUT2D eigenvalue weighted by Gasteiger charge is -2.21. The van der Waals surface area contributed by atoms with Crippen molar-refractivity contribution < 1.29 is 13.2 Å². The number of rotatable bonds is 6. The number of nitrogens with zero attached hydrogens (tertiary/aromatic N) is 2. The second kappa shape index (κ2) is 8.59. The van der Waals surface area contributed by atoms with E-state index < -0.39 is 10.0 Å². The van der Waals surface area contributed by atoms with Gasteiger partial charge in [-0.3, -0.25) is 9.10 Å². The third-order valence-corrected chi connectivity index (χ3v) is 6.03. The number of carbonyl (C=O) groups excluding carboxylic acids is 1. The average molecular weight is 424 g/mol. The Morgan fingerprint density at radius 2 is 1.43 bits per heavy atom. The number of hydrogen-bond donors (Lipinski definition) is 1. The van der Waals surface area contributed by atoms with Crippen LogP contribution in [-0.2, 0) is 10.0 Å². The number of hydrogen-bond acceptors (Lipinski definition) is 4. The van der Waals surface area contributed by atoms with Gasteiger partial charge in [0.2, 0.25) is 10.0 Å². The molecule has 156 valence electrons. The maximum absolute atomic E-state index is 12.7. The van der Waals surface area contributed by atoms with Crippen LogP contribution in [-0.4, -0.2) is 41.7 Å². The first-order valence-corrected chi connectivity index (χ1v) is 11.2. The van der Waals surface area contributed by atoms with E-state index in [1.807, 2.05) is 55.4 Å². The van der Waals surface area contributed by atoms with Crippen molar-refractivity contribution in [2.45, 2.75) is 0 Å². The second-order valence-electron chi connectivity index (χ2n) is 7.22. The highest BCUT2D eigenvalue weighted by Crippen LogP contribution is 2.33. The zero-order chi connectivity index (χ0) is 21.9. The summed E-state index contributed by atoms with van der Waals surface area (Å²) < 4.78 is 25.4. The number of anilines is 3. The summed E-state index contributed by atoms with van der Waals surface area (Å²) in [6.07, 6.45) is 1.13. The first kappa shape index (κ1) is 21.4. The lowest BCUT2D eigenvalue weighted by Crippen LogP contribution is -2.26. The molecule has 0 radical (unpaired) electrons. The van der Waals surface area contributed by atoms with Crippen molar-refractivity contribution in [2.75, 3.05) is 41.9 Å². The normalized spacial score (nSPS) is 11.1. The molecule has 3 rings (SSSR count). The summed E-state index contributed by atoms with van der Waals surface area (Å²) in [6.45, 7) is 0. The second-order valence-corrected chi connectivity index (χ2v) is 9.24. The van der Waals surface area contributed by atoms with Crippen LogP contribution in [0.2, 0.25) is 0 Å². The predicted octanol–water partition coefficient (Wildman–Crippen LogP) is 4.07. The van der Waals surface area contributed by atoms with Crippen molar-refractivity contribution in [3.63, 3.8) is 0 Å². The van der Waals surface area contributed by atoms with Gasteiger partial charge in [-0.2, -0.15) is 0 Å². The van der Waals surface area contributed by atoms with Gasteiger partial charge >= 0.3 is 0 Å². The van der Waals surface area contributed by atoms with Crippen molar-refractivity contribution in [1.29, 1.82) is 0 Å². The lowest BCUT2D eigenvalue weighted by molar-refractivity contribution is 0.102. The summed E-state index contributed by atoms with van der Waals surface area (Å²) in [5.74, 6) is -0.307. The molecule has 0 aliphatic carbocycles. The van der Waals surface area contributed by atoms with Crippen molar-refractivity contribution in [3.05, 3.63) is 78.4 Å². The number of benzene rings is 3. The molecule has 0 aliphatic heterocycles. The molecule has 0 saturated heterocycles. The molecule has 0 aromatic heterocycles. The number of carbonyl (C=O) groups is 1. The van der Waals surface area contributed by atoms with Crippen LogP contribution in [0.4, 0.5) is 17.1 Å². The van der Waals surface area contributed by atoms with E-state index in [1.165, 1.54) is 7.05 Å². The van der Waals surface area contributed by atoms with E-state index in [-0.39, 0.29) is 5.91 Å². The Labute approximate surface area is 177 Å². The van der Waals surface area contributed by atoms with Gasteiger partial charge < -0.3 is 10.2 Å². The third kappa shape index (κ3) is 4.80. The minimum absolute atomic E-state index is 0.307. The molecule has 3 aromatic rings. The Kier molecular flexibility index (Phi) is 6.12. The molecule has 0 bridgehead atoms. The number of nitrogens with one attached hydrogen (secondary N) is 1. The van der Waals surface area contributed by atoms with Crippen LogP contribution in [0.25, 0.3) is 11.1 Å². The molecule has 1 N–H and O–H groups in total. The van der Waals surface area contributed by atoms with Gasteiger partial charge in [0.05, 0.1) is 17.6 Å². The summed E-state index contributed by atoms with van der Waals surface area (Å²) in [7, 11) is 1.92. The van der Waals surface area contributed by atoms with Crippen LogP contribution in [0.15, 0.2) is 72.8 Å². The fraction of sp³-hybridized carbons (Fsp3) is 0.174. The van der Waals surface area contributed by atoms with E-state index >= 15 is 0 Å². The Bertz CT molecular complexity index is 1140. The fourth-order valence-electron chi connectivity index (χ4n) is 3.00. The highest BCUT2D eigenvalue weighted by Gasteiger charge is 2.18. The topological polar surface area (TPSA) is 69.7 Å². The third-order valence-electron chi connectivity index (χ3n) is 4.83. The maximum atomic E-state index is 12.7. The molecule has 7 heteroatoms. The molecule has 0 atom stereocenters. The van der Waals surface area contributed by atoms with E-state index in [0.29, 0.717) is 16.9 Å². The zero-order valence-electron chi connectivity index (χ0n) is 17.5. The van der Waals surface area contributed by atoms with Crippen LogP contribution in [0, 0.1) is 0 Å². The van der Waals surface area contributed by atoms with Crippen molar-refractivity contribution in [1.82, 2.24) is 0 Å². The minimum Gasteiger partial charge on any atom is -0.378 e. The van der Waals surface area contributed by atoms with E-state index in [1.54, 1.807) is 36.4 Å². The highest BCUT2D eigenvalue weighted by molar-refractivity contribution is 7.92. The van der Waals surface area contributed by atoms with Gasteiger partial charge in [-0.15, -0.1) is 0 Å². The Morgan fingerprint density at radius 3 is 2.00 bits per heavy atom. The van der Waals surface area contributed by atoms with Gasteiger partial charge in [0.1, 0.15) is 0 Å². The number of amides is 1. The molecule has 30 heavy (non-hydrogen) atoms. The van der Waals surface area contributed by atoms with Gasteiger partial charge in [0.15, 0.2) is 0 Å². The SMILES string of the molecule is CN(C)c1ccc(-c2ccc(N(C)S(C)(=O)=O)c(NC(=O)c3ccccc3)c2)cc1. The molecule has 3 aromatic carbocycles. The predicted molar refractivity (Wildman–Crippen MR) is 124 cm³/mol. The molecule has 0 aliphatic rings. The van der Waals surface area contributed by atoms with E-state index in [0.717, 1.165) is 27.4 Å². The zero-order valence-corrected chi connectivity index (χ0v) is 18.3. The smallest absolute Gasteiger partial charge is 0.255 e. The maximum Gasteiger partial charge on any atom is 0.255 e. The highest BCUT2D eigenvalue weighted by atomic mass is 32.2. The van der Waals surface area contributed by atoms with Crippen LogP contribution in [0.1, 0.15) is 10.4 Å². The van der Waals surface area contributed by atoms with E-state index in [4.69, 9.17) is 0 Å². The Hall–Kier alpha value is -3.32. The summed E-state index contributed by atoms with van der Waals surface area (Å²) in [5, 5.41) is 2.87. The van der Waals surface area contributed by atoms with Crippen LogP contribution < -0.4 is 14.5 Å². The average Bonchev–Trinajstić information content (AvgIpc) is 2.73. The monoisotopic (exact) mass is 423 g/mol. The standard InChI is InChI=1S/C23H25N3O3S/c1-25(2)20-13-10-17(11-14-20)19-12-15-22(26(3)30(4,28)29)21(16-19)24-23(27)18-8-6-5-7-9-18/h5-16H,1-4H3,(H,24,27). The molecule has 0 spiro atoms. The molecule has 1 amide bonds. The molecule has 0 fully saturated rings. The van der Waals surface area contributed by atoms with Crippen LogP contribution >= 0.6 is 0 Å². The van der Waals surface area contributed by atoms with Crippen LogP contribution in [0.3, 0.4) is 0 Å². The first-order valence-electron chi connectivity index (χ1n) is 9.39. The van der Waals surface area contributed by atoms with Gasteiger partial charge in [0, 0.05) is 32.4 Å². The number of sulfonamides is 1. The quantitative estimate of drug-likeness (QED) is 0.649. The molecule has 6 nitrogen and oxygen atoms in total. The summed E-state index contributed by atoms with van der Waals surface area (Å²) in [6, 6.07) is 22.2. The Morgan fingerprint density at radius 1 is 0.833 bits per heavy atom. The van der Waals surface area contributed by atoms with Gasteiger partial charge in [-0.25, -0.2) is 8.42 Å². The van der Waals surface area contributed by atoms with Crippen molar-refractivity contribution in [3.8, 4) is 11.1 Å². The van der Waals surface area contributed by atoms with Gasteiger partial charge in [-0.05, 0) is 47.5 Å². The molecule has 0 saturated carbocycles. The largest absolute Gasteiger partial charge is 0.378 e. The summed E-state index contributed by atoms with van der Waals surface area (Å²) in [4.78, 5) is 14.7. The molecular weight excluding hydrogens is 398 g/mol. The van der Waals surface area contributed by atoms with E-state index in [2.05, 4.69) is 5.32 Å². The van der Waals surface area contributed by atoms with Gasteiger partial charge in [0.25, 0.3) is 5.91 Å². The molecular formula is C23H25N3O3S. The van der Waals surface area contributed by atoms with Crippen molar-refractivity contribution in [2.24, 2.45) is 0 Å². The van der Waals surface area contributed by atoms with Crippen LogP contribution in [0.5, 0.6) is 0 Å². The first-order chi connectivity index (χ1) is 14.2. The lowest BCUT2D eigenvalue weighted by atomic mass is 10.0. The van der Waals surface area contributed by atoms with Gasteiger partial charge in [-0.1, -0.05) is 36.4 Å². The van der Waals surface area contributed by atoms with E-state index in [9.17, 15) is 13.2 Å².